The number of anilines is 1. The highest BCUT2D eigenvalue weighted by Crippen LogP contribution is 2.31. The standard InChI is InChI=1S/C27H30F3N3O3/c1-4-10-19(17(2)34)20(15-16-27(28,29)30)25(35)32-24-26(36)33(3)22-14-9-8-13-21(22)23(31-24)18-11-6-5-7-12-18/h5-9,11-14,19-20,24H,4,10,15-16H2,1-3H3,(H,32,35)/t19-,20-,24-/m1/s1. The van der Waals surface area contributed by atoms with Crippen LogP contribution in [-0.4, -0.2) is 42.7 Å². The molecule has 1 heterocycles. The van der Waals surface area contributed by atoms with E-state index in [2.05, 4.69) is 10.3 Å². The Labute approximate surface area is 208 Å². The maximum atomic E-state index is 13.4. The normalized spacial score (nSPS) is 17.5. The minimum absolute atomic E-state index is 0.272. The second-order valence-corrected chi connectivity index (χ2v) is 8.94. The molecule has 3 rings (SSSR count). The smallest absolute Gasteiger partial charge is 0.326 e. The highest BCUT2D eigenvalue weighted by molar-refractivity contribution is 6.20. The molecule has 0 radical (unpaired) electrons. The van der Waals surface area contributed by atoms with E-state index < -0.39 is 48.8 Å². The Bertz CT molecular complexity index is 1130. The summed E-state index contributed by atoms with van der Waals surface area (Å²) in [6, 6.07) is 16.3. The number of hydrogen-bond donors (Lipinski definition) is 1. The van der Waals surface area contributed by atoms with E-state index in [0.29, 0.717) is 28.9 Å². The van der Waals surface area contributed by atoms with Gasteiger partial charge in [-0.25, -0.2) is 4.99 Å². The third-order valence-corrected chi connectivity index (χ3v) is 6.35. The van der Waals surface area contributed by atoms with Gasteiger partial charge >= 0.3 is 6.18 Å². The summed E-state index contributed by atoms with van der Waals surface area (Å²) in [5.74, 6) is -3.80. The lowest BCUT2D eigenvalue weighted by molar-refractivity contribution is -0.146. The summed E-state index contributed by atoms with van der Waals surface area (Å²) in [7, 11) is 1.56. The summed E-state index contributed by atoms with van der Waals surface area (Å²) in [5.41, 5.74) is 2.45. The van der Waals surface area contributed by atoms with E-state index in [-0.39, 0.29) is 12.2 Å². The molecule has 2 aromatic rings. The molecule has 1 N–H and O–H groups in total. The zero-order valence-electron chi connectivity index (χ0n) is 20.5. The van der Waals surface area contributed by atoms with Gasteiger partial charge in [0.2, 0.25) is 12.1 Å². The van der Waals surface area contributed by atoms with E-state index in [4.69, 9.17) is 0 Å². The summed E-state index contributed by atoms with van der Waals surface area (Å²) in [6.07, 6.45) is -6.81. The van der Waals surface area contributed by atoms with Gasteiger partial charge in [0.1, 0.15) is 5.78 Å². The largest absolute Gasteiger partial charge is 0.389 e. The van der Waals surface area contributed by atoms with Gasteiger partial charge < -0.3 is 10.2 Å². The van der Waals surface area contributed by atoms with E-state index in [1.165, 1.54) is 11.8 Å². The van der Waals surface area contributed by atoms with Crippen molar-refractivity contribution in [2.75, 3.05) is 11.9 Å². The number of benzene rings is 2. The fourth-order valence-corrected chi connectivity index (χ4v) is 4.52. The van der Waals surface area contributed by atoms with Crippen molar-refractivity contribution in [1.82, 2.24) is 5.32 Å². The van der Waals surface area contributed by atoms with Crippen molar-refractivity contribution < 1.29 is 27.6 Å². The molecule has 1 aliphatic heterocycles. The Morgan fingerprint density at radius 1 is 1.03 bits per heavy atom. The summed E-state index contributed by atoms with van der Waals surface area (Å²) < 4.78 is 39.1. The molecule has 0 spiro atoms. The minimum atomic E-state index is -4.48. The van der Waals surface area contributed by atoms with Crippen LogP contribution in [0.25, 0.3) is 0 Å². The predicted octanol–water partition coefficient (Wildman–Crippen LogP) is 4.91. The first-order valence-corrected chi connectivity index (χ1v) is 11.9. The number of halogens is 3. The third kappa shape index (κ3) is 6.38. The van der Waals surface area contributed by atoms with Gasteiger partial charge in [-0.05, 0) is 25.8 Å². The molecule has 0 unspecified atom stereocenters. The highest BCUT2D eigenvalue weighted by Gasteiger charge is 2.38. The Morgan fingerprint density at radius 3 is 2.28 bits per heavy atom. The number of amides is 2. The first-order valence-electron chi connectivity index (χ1n) is 11.9. The molecular weight excluding hydrogens is 471 g/mol. The van der Waals surface area contributed by atoms with Crippen LogP contribution in [-0.2, 0) is 14.4 Å². The van der Waals surface area contributed by atoms with Crippen LogP contribution in [0.2, 0.25) is 0 Å². The molecule has 0 aromatic heterocycles. The molecule has 2 aromatic carbocycles. The quantitative estimate of drug-likeness (QED) is 0.531. The lowest BCUT2D eigenvalue weighted by atomic mass is 9.82. The molecule has 1 aliphatic rings. The zero-order valence-corrected chi connectivity index (χ0v) is 20.5. The lowest BCUT2D eigenvalue weighted by Gasteiger charge is -2.27. The number of carbonyl (C=O) groups is 3. The molecule has 36 heavy (non-hydrogen) atoms. The number of ketones is 1. The van der Waals surface area contributed by atoms with Crippen molar-refractivity contribution in [1.29, 1.82) is 0 Å². The Kier molecular flexibility index (Phi) is 8.66. The zero-order chi connectivity index (χ0) is 26.5. The number of fused-ring (bicyclic) bond motifs is 1. The fraction of sp³-hybridized carbons (Fsp3) is 0.407. The van der Waals surface area contributed by atoms with Crippen LogP contribution >= 0.6 is 0 Å². The summed E-state index contributed by atoms with van der Waals surface area (Å²) in [6.45, 7) is 3.08. The first kappa shape index (κ1) is 27.1. The average Bonchev–Trinajstić information content (AvgIpc) is 2.94. The van der Waals surface area contributed by atoms with Crippen LogP contribution in [0, 0.1) is 11.8 Å². The number of likely N-dealkylation sites (N-methyl/N-ethyl adjacent to an activating group) is 1. The molecule has 0 bridgehead atoms. The van der Waals surface area contributed by atoms with Crippen molar-refractivity contribution >= 4 is 29.0 Å². The minimum Gasteiger partial charge on any atom is -0.326 e. The highest BCUT2D eigenvalue weighted by atomic mass is 19.4. The molecule has 0 saturated carbocycles. The van der Waals surface area contributed by atoms with Gasteiger partial charge in [0.05, 0.1) is 11.4 Å². The number of alkyl halides is 3. The molecule has 0 saturated heterocycles. The molecular formula is C27H30F3N3O3. The number of para-hydroxylation sites is 1. The number of benzodiazepines with no additional fused rings is 1. The van der Waals surface area contributed by atoms with Gasteiger partial charge in [0.25, 0.3) is 5.91 Å². The predicted molar refractivity (Wildman–Crippen MR) is 132 cm³/mol. The molecule has 192 valence electrons. The number of Topliss-reactive ketones (excluding diaryl/α,β-unsaturated/α-hetero) is 1. The summed E-state index contributed by atoms with van der Waals surface area (Å²) >= 11 is 0. The molecule has 0 aliphatic carbocycles. The van der Waals surface area contributed by atoms with E-state index >= 15 is 0 Å². The molecule has 6 nitrogen and oxygen atoms in total. The van der Waals surface area contributed by atoms with E-state index in [1.54, 1.807) is 26.1 Å². The second-order valence-electron chi connectivity index (χ2n) is 8.94. The van der Waals surface area contributed by atoms with Crippen LogP contribution in [0.1, 0.15) is 50.7 Å². The number of nitrogens with zero attached hydrogens (tertiary/aromatic N) is 2. The number of aliphatic imine (C=N–C) groups is 1. The van der Waals surface area contributed by atoms with Crippen molar-refractivity contribution in [3.8, 4) is 0 Å². The Hall–Kier alpha value is -3.49. The molecule has 0 fully saturated rings. The van der Waals surface area contributed by atoms with E-state index in [1.807, 2.05) is 42.5 Å². The molecule has 2 amide bonds. The summed E-state index contributed by atoms with van der Waals surface area (Å²) in [4.78, 5) is 45.0. The summed E-state index contributed by atoms with van der Waals surface area (Å²) in [5, 5.41) is 2.57. The van der Waals surface area contributed by atoms with E-state index in [9.17, 15) is 27.6 Å². The van der Waals surface area contributed by atoms with Gasteiger partial charge in [-0.3, -0.25) is 14.4 Å². The number of nitrogens with one attached hydrogen (secondary N) is 1. The first-order chi connectivity index (χ1) is 17.0. The van der Waals surface area contributed by atoms with Crippen LogP contribution in [0.5, 0.6) is 0 Å². The number of rotatable bonds is 9. The average molecular weight is 502 g/mol. The monoisotopic (exact) mass is 501 g/mol. The van der Waals surface area contributed by atoms with Gasteiger partial charge in [-0.1, -0.05) is 61.9 Å². The fourth-order valence-electron chi connectivity index (χ4n) is 4.52. The second kappa shape index (κ2) is 11.5. The van der Waals surface area contributed by atoms with Crippen LogP contribution in [0.3, 0.4) is 0 Å². The number of hydrogen-bond acceptors (Lipinski definition) is 4. The van der Waals surface area contributed by atoms with E-state index in [0.717, 1.165) is 0 Å². The Balaban J connectivity index is 2.01. The third-order valence-electron chi connectivity index (χ3n) is 6.35. The topological polar surface area (TPSA) is 78.8 Å². The SMILES string of the molecule is CCC[C@H](C(C)=O)[C@@H](CCC(F)(F)F)C(=O)N[C@H]1N=C(c2ccccc2)c2ccccc2N(C)C1=O. The number of carbonyl (C=O) groups excluding carboxylic acids is 3. The van der Waals surface area contributed by atoms with Gasteiger partial charge in [0.15, 0.2) is 0 Å². The molecule has 9 heteroatoms. The van der Waals surface area contributed by atoms with Crippen molar-refractivity contribution in [2.45, 2.75) is 51.9 Å². The van der Waals surface area contributed by atoms with Crippen molar-refractivity contribution in [3.63, 3.8) is 0 Å². The van der Waals surface area contributed by atoms with Crippen molar-refractivity contribution in [2.24, 2.45) is 16.8 Å². The van der Waals surface area contributed by atoms with Gasteiger partial charge in [-0.15, -0.1) is 0 Å². The van der Waals surface area contributed by atoms with Crippen LogP contribution < -0.4 is 10.2 Å². The lowest BCUT2D eigenvalue weighted by Crippen LogP contribution is -2.49. The Morgan fingerprint density at radius 2 is 1.67 bits per heavy atom. The maximum Gasteiger partial charge on any atom is 0.389 e. The van der Waals surface area contributed by atoms with Crippen LogP contribution in [0.4, 0.5) is 18.9 Å². The van der Waals surface area contributed by atoms with Crippen LogP contribution in [0.15, 0.2) is 59.6 Å². The van der Waals surface area contributed by atoms with Crippen molar-refractivity contribution in [3.05, 3.63) is 65.7 Å². The van der Waals surface area contributed by atoms with Gasteiger partial charge in [0, 0.05) is 36.4 Å². The van der Waals surface area contributed by atoms with Gasteiger partial charge in [-0.2, -0.15) is 13.2 Å². The molecule has 3 atom stereocenters. The maximum absolute atomic E-state index is 13.4.